The number of anilines is 2. The third kappa shape index (κ3) is 3.46. The molecule has 5 aromatic rings. The zero-order valence-corrected chi connectivity index (χ0v) is 19.4. The number of hydrogen-bond acceptors (Lipinski definition) is 7. The minimum Gasteiger partial charge on any atom is -0.505 e. The van der Waals surface area contributed by atoms with E-state index in [1.54, 1.807) is 48.1 Å². The molecule has 184 valence electrons. The van der Waals surface area contributed by atoms with Crippen LogP contribution in [-0.2, 0) is 16.6 Å². The molecule has 0 saturated carbocycles. The van der Waals surface area contributed by atoms with Crippen LogP contribution in [0.4, 0.5) is 20.4 Å². The van der Waals surface area contributed by atoms with Gasteiger partial charge in [0.1, 0.15) is 28.6 Å². The van der Waals surface area contributed by atoms with Crippen molar-refractivity contribution in [3.05, 3.63) is 95.1 Å². The van der Waals surface area contributed by atoms with Crippen molar-refractivity contribution >= 4 is 23.2 Å². The maximum atomic E-state index is 14.4. The van der Waals surface area contributed by atoms with Crippen molar-refractivity contribution in [1.29, 1.82) is 0 Å². The number of rotatable bonds is 4. The summed E-state index contributed by atoms with van der Waals surface area (Å²) in [5.41, 5.74) is 7.39. The third-order valence-corrected chi connectivity index (χ3v) is 6.64. The van der Waals surface area contributed by atoms with Gasteiger partial charge >= 0.3 is 0 Å². The van der Waals surface area contributed by atoms with Crippen LogP contribution in [0, 0.1) is 11.6 Å². The first-order valence-electron chi connectivity index (χ1n) is 11.3. The lowest BCUT2D eigenvalue weighted by molar-refractivity contribution is -0.119. The molecule has 0 aliphatic carbocycles. The van der Waals surface area contributed by atoms with Gasteiger partial charge in [-0.15, -0.1) is 0 Å². The standard InChI is InChI=1S/C26H19F2N7O2/c1-26(14-6-7-19(36)16(28)11-14)20-21(29)32-22(33-23(20)34-25(26)37)18-12-35-9-8-30-24(35)17(31-18)10-13-4-2-3-5-15(13)27/h2-9,11-12,36H,10H2,1H3,(H3,29,32,33,34,37)/t26-/m1/s1. The molecule has 0 unspecified atom stereocenters. The summed E-state index contributed by atoms with van der Waals surface area (Å²) in [6.07, 6.45) is 5.18. The average molecular weight is 499 g/mol. The number of nitrogen functional groups attached to an aromatic ring is 1. The molecule has 4 N–H and O–H groups in total. The number of imidazole rings is 1. The van der Waals surface area contributed by atoms with Crippen LogP contribution in [0.3, 0.4) is 0 Å². The van der Waals surface area contributed by atoms with E-state index in [9.17, 15) is 18.7 Å². The van der Waals surface area contributed by atoms with Gasteiger partial charge in [0.05, 0.1) is 11.3 Å². The minimum atomic E-state index is -1.38. The second-order valence-electron chi connectivity index (χ2n) is 8.90. The summed E-state index contributed by atoms with van der Waals surface area (Å²) < 4.78 is 30.2. The van der Waals surface area contributed by atoms with E-state index in [1.165, 1.54) is 18.2 Å². The quantitative estimate of drug-likeness (QED) is 0.344. The van der Waals surface area contributed by atoms with Crippen molar-refractivity contribution in [3.63, 3.8) is 0 Å². The topological polar surface area (TPSA) is 131 Å². The molecule has 11 heteroatoms. The van der Waals surface area contributed by atoms with Crippen LogP contribution in [0.2, 0.25) is 0 Å². The second-order valence-corrected chi connectivity index (χ2v) is 8.90. The molecule has 1 aliphatic heterocycles. The summed E-state index contributed by atoms with van der Waals surface area (Å²) >= 11 is 0. The highest BCUT2D eigenvalue weighted by Gasteiger charge is 2.48. The van der Waals surface area contributed by atoms with Gasteiger partial charge in [-0.25, -0.2) is 28.7 Å². The zero-order valence-electron chi connectivity index (χ0n) is 19.4. The summed E-state index contributed by atoms with van der Waals surface area (Å²) in [5, 5.41) is 12.3. The lowest BCUT2D eigenvalue weighted by Gasteiger charge is -2.23. The van der Waals surface area contributed by atoms with E-state index in [4.69, 9.17) is 5.73 Å². The normalized spacial score (nSPS) is 16.7. The number of amides is 1. The summed E-state index contributed by atoms with van der Waals surface area (Å²) in [7, 11) is 0. The number of aromatic hydroxyl groups is 1. The largest absolute Gasteiger partial charge is 0.505 e. The number of phenols is 1. The zero-order chi connectivity index (χ0) is 25.9. The minimum absolute atomic E-state index is 0.0116. The van der Waals surface area contributed by atoms with E-state index in [-0.39, 0.29) is 35.3 Å². The number of halogens is 2. The highest BCUT2D eigenvalue weighted by Crippen LogP contribution is 2.45. The number of phenolic OH excluding ortho intramolecular Hbond substituents is 1. The molecule has 0 bridgehead atoms. The molecule has 1 amide bonds. The van der Waals surface area contributed by atoms with Crippen LogP contribution in [-0.4, -0.2) is 35.4 Å². The molecular formula is C26H19F2N7O2. The summed E-state index contributed by atoms with van der Waals surface area (Å²) in [6, 6.07) is 10.1. The molecule has 0 spiro atoms. The monoisotopic (exact) mass is 499 g/mol. The Morgan fingerprint density at radius 1 is 1.11 bits per heavy atom. The summed E-state index contributed by atoms with van der Waals surface area (Å²) in [4.78, 5) is 31.0. The highest BCUT2D eigenvalue weighted by atomic mass is 19.1. The molecule has 4 heterocycles. The van der Waals surface area contributed by atoms with Gasteiger partial charge < -0.3 is 20.6 Å². The Morgan fingerprint density at radius 2 is 1.92 bits per heavy atom. The number of hydrogen-bond donors (Lipinski definition) is 3. The van der Waals surface area contributed by atoms with Crippen LogP contribution in [0.5, 0.6) is 5.75 Å². The van der Waals surface area contributed by atoms with Crippen LogP contribution in [0.25, 0.3) is 17.2 Å². The maximum Gasteiger partial charge on any atom is 0.240 e. The van der Waals surface area contributed by atoms with Crippen LogP contribution in [0.1, 0.15) is 29.3 Å². The second kappa shape index (κ2) is 8.05. The smallest absolute Gasteiger partial charge is 0.240 e. The fourth-order valence-electron chi connectivity index (χ4n) is 4.66. The molecule has 9 nitrogen and oxygen atoms in total. The number of nitrogens with two attached hydrogens (primary N) is 1. The van der Waals surface area contributed by atoms with E-state index >= 15 is 0 Å². The first kappa shape index (κ1) is 22.5. The van der Waals surface area contributed by atoms with Crippen molar-refractivity contribution < 1.29 is 18.7 Å². The Kier molecular flexibility index (Phi) is 4.90. The Labute approximate surface area is 208 Å². The van der Waals surface area contributed by atoms with E-state index in [2.05, 4.69) is 25.3 Å². The third-order valence-electron chi connectivity index (χ3n) is 6.64. The Hall–Kier alpha value is -4.93. The van der Waals surface area contributed by atoms with Gasteiger partial charge in [-0.05, 0) is 36.2 Å². The van der Waals surface area contributed by atoms with Gasteiger partial charge in [0, 0.05) is 25.0 Å². The number of benzene rings is 2. The first-order valence-corrected chi connectivity index (χ1v) is 11.3. The van der Waals surface area contributed by atoms with Crippen LogP contribution >= 0.6 is 0 Å². The fourth-order valence-corrected chi connectivity index (χ4v) is 4.66. The predicted molar refractivity (Wildman–Crippen MR) is 131 cm³/mol. The fraction of sp³-hybridized carbons (Fsp3) is 0.115. The van der Waals surface area contributed by atoms with Crippen molar-refractivity contribution in [3.8, 4) is 17.3 Å². The molecule has 3 aromatic heterocycles. The molecule has 0 saturated heterocycles. The maximum absolute atomic E-state index is 14.4. The van der Waals surface area contributed by atoms with Gasteiger partial charge in [0.2, 0.25) is 5.91 Å². The summed E-state index contributed by atoms with van der Waals surface area (Å²) in [5.74, 6) is -1.89. The summed E-state index contributed by atoms with van der Waals surface area (Å²) in [6.45, 7) is 1.59. The van der Waals surface area contributed by atoms with Crippen molar-refractivity contribution in [2.75, 3.05) is 11.1 Å². The molecule has 2 aromatic carbocycles. The van der Waals surface area contributed by atoms with Crippen molar-refractivity contribution in [2.24, 2.45) is 0 Å². The van der Waals surface area contributed by atoms with E-state index in [0.717, 1.165) is 6.07 Å². The number of aromatic nitrogens is 5. The van der Waals surface area contributed by atoms with Gasteiger partial charge in [-0.2, -0.15) is 0 Å². The number of carbonyl (C=O) groups is 1. The molecule has 1 atom stereocenters. The predicted octanol–water partition coefficient (Wildman–Crippen LogP) is 3.60. The lowest BCUT2D eigenvalue weighted by Crippen LogP contribution is -2.33. The molecular weight excluding hydrogens is 480 g/mol. The molecule has 0 radical (unpaired) electrons. The molecule has 6 rings (SSSR count). The number of fused-ring (bicyclic) bond motifs is 2. The van der Waals surface area contributed by atoms with Gasteiger partial charge in [-0.3, -0.25) is 4.79 Å². The van der Waals surface area contributed by atoms with E-state index in [0.29, 0.717) is 28.2 Å². The van der Waals surface area contributed by atoms with Gasteiger partial charge in [0.15, 0.2) is 23.0 Å². The SMILES string of the molecule is C[C@]1(c2ccc(O)c(F)c2)C(=O)Nc2nc(-c3cn4ccnc4c(Cc4ccccc4F)n3)nc(N)c21. The Bertz CT molecular complexity index is 1740. The van der Waals surface area contributed by atoms with Crippen molar-refractivity contribution in [2.45, 2.75) is 18.8 Å². The van der Waals surface area contributed by atoms with E-state index in [1.807, 2.05) is 0 Å². The Balaban J connectivity index is 1.47. The lowest BCUT2D eigenvalue weighted by atomic mass is 9.77. The number of carbonyl (C=O) groups excluding carboxylic acids is 1. The average Bonchev–Trinajstić information content (AvgIpc) is 3.45. The molecule has 0 fully saturated rings. The number of nitrogens with zero attached hydrogens (tertiary/aromatic N) is 5. The molecule has 37 heavy (non-hydrogen) atoms. The van der Waals surface area contributed by atoms with Crippen LogP contribution < -0.4 is 11.1 Å². The van der Waals surface area contributed by atoms with Gasteiger partial charge in [-0.1, -0.05) is 24.3 Å². The van der Waals surface area contributed by atoms with Crippen LogP contribution in [0.15, 0.2) is 61.1 Å². The highest BCUT2D eigenvalue weighted by molar-refractivity contribution is 6.09. The first-order chi connectivity index (χ1) is 17.8. The number of nitrogens with one attached hydrogen (secondary N) is 1. The molecule has 1 aliphatic rings. The van der Waals surface area contributed by atoms with Gasteiger partial charge in [0.25, 0.3) is 0 Å². The van der Waals surface area contributed by atoms with E-state index < -0.39 is 22.9 Å². The van der Waals surface area contributed by atoms with Crippen molar-refractivity contribution in [1.82, 2.24) is 24.3 Å². The Morgan fingerprint density at radius 3 is 2.70 bits per heavy atom.